The lowest BCUT2D eigenvalue weighted by atomic mass is 9.92. The van der Waals surface area contributed by atoms with Crippen LogP contribution in [0, 0.1) is 5.41 Å². The molecule has 106 valence electrons. The number of nitrogens with two attached hydrogens (primary N) is 1. The molecule has 18 heavy (non-hydrogen) atoms. The Bertz CT molecular complexity index is 265. The predicted molar refractivity (Wildman–Crippen MR) is 82.9 cm³/mol. The molecule has 1 aliphatic heterocycles. The molecule has 0 aromatic carbocycles. The molecule has 0 aromatic rings. The molecule has 1 aliphatic rings. The van der Waals surface area contributed by atoms with Crippen LogP contribution in [0.15, 0.2) is 0 Å². The quantitative estimate of drug-likeness (QED) is 0.776. The molecule has 0 aliphatic carbocycles. The SMILES string of the molecule is CCC(C(N)=S)N1CCN(CCC(C)(C)C)CC1. The first-order valence-corrected chi connectivity index (χ1v) is 7.50. The van der Waals surface area contributed by atoms with Gasteiger partial charge in [-0.25, -0.2) is 0 Å². The summed E-state index contributed by atoms with van der Waals surface area (Å²) < 4.78 is 0. The normalized spacial score (nSPS) is 20.9. The molecule has 1 atom stereocenters. The van der Waals surface area contributed by atoms with Crippen LogP contribution >= 0.6 is 12.2 Å². The minimum atomic E-state index is 0.296. The third-order valence-electron chi connectivity index (χ3n) is 3.74. The maximum Gasteiger partial charge on any atom is 0.0901 e. The summed E-state index contributed by atoms with van der Waals surface area (Å²) in [5.74, 6) is 0. The van der Waals surface area contributed by atoms with Crippen molar-refractivity contribution in [2.45, 2.75) is 46.6 Å². The van der Waals surface area contributed by atoms with Crippen LogP contribution in [0.1, 0.15) is 40.5 Å². The molecule has 1 rings (SSSR count). The first-order valence-electron chi connectivity index (χ1n) is 7.09. The summed E-state index contributed by atoms with van der Waals surface area (Å²) in [5.41, 5.74) is 6.24. The van der Waals surface area contributed by atoms with Crippen molar-refractivity contribution >= 4 is 17.2 Å². The predicted octanol–water partition coefficient (Wildman–Crippen LogP) is 2.10. The lowest BCUT2D eigenvalue weighted by molar-refractivity contribution is 0.107. The lowest BCUT2D eigenvalue weighted by Gasteiger charge is -2.39. The zero-order chi connectivity index (χ0) is 13.8. The molecule has 0 aromatic heterocycles. The fourth-order valence-electron chi connectivity index (χ4n) is 2.43. The first kappa shape index (κ1) is 15.9. The number of hydrogen-bond acceptors (Lipinski definition) is 3. The second-order valence-electron chi connectivity index (χ2n) is 6.51. The van der Waals surface area contributed by atoms with E-state index in [1.165, 1.54) is 13.0 Å². The molecule has 0 radical (unpaired) electrons. The fourth-order valence-corrected chi connectivity index (χ4v) is 2.75. The van der Waals surface area contributed by atoms with Gasteiger partial charge in [0.15, 0.2) is 0 Å². The number of nitrogens with zero attached hydrogens (tertiary/aromatic N) is 2. The Hall–Kier alpha value is -0.190. The smallest absolute Gasteiger partial charge is 0.0901 e. The Labute approximate surface area is 118 Å². The first-order chi connectivity index (χ1) is 8.33. The van der Waals surface area contributed by atoms with Crippen LogP contribution in [-0.4, -0.2) is 53.6 Å². The molecule has 0 amide bonds. The van der Waals surface area contributed by atoms with E-state index in [2.05, 4.69) is 37.5 Å². The van der Waals surface area contributed by atoms with Crippen LogP contribution in [0.2, 0.25) is 0 Å². The zero-order valence-corrected chi connectivity index (χ0v) is 13.2. The van der Waals surface area contributed by atoms with E-state index in [0.717, 1.165) is 32.6 Å². The van der Waals surface area contributed by atoms with Crippen molar-refractivity contribution in [3.05, 3.63) is 0 Å². The maximum absolute atomic E-state index is 5.80. The van der Waals surface area contributed by atoms with Crippen molar-refractivity contribution in [2.75, 3.05) is 32.7 Å². The standard InChI is InChI=1S/C14H29N3S/c1-5-12(13(15)18)17-10-8-16(9-11-17)7-6-14(2,3)4/h12H,5-11H2,1-4H3,(H2,15,18). The summed E-state index contributed by atoms with van der Waals surface area (Å²) in [6, 6.07) is 0.296. The number of rotatable bonds is 5. The van der Waals surface area contributed by atoms with Crippen molar-refractivity contribution in [1.82, 2.24) is 9.80 Å². The van der Waals surface area contributed by atoms with Crippen molar-refractivity contribution in [1.29, 1.82) is 0 Å². The van der Waals surface area contributed by atoms with Gasteiger partial charge >= 0.3 is 0 Å². The minimum Gasteiger partial charge on any atom is -0.392 e. The molecule has 4 heteroatoms. The molecule has 1 unspecified atom stereocenters. The highest BCUT2D eigenvalue weighted by Gasteiger charge is 2.24. The highest BCUT2D eigenvalue weighted by Crippen LogP contribution is 2.19. The number of piperazine rings is 1. The van der Waals surface area contributed by atoms with E-state index >= 15 is 0 Å². The van der Waals surface area contributed by atoms with Gasteiger partial charge in [-0.2, -0.15) is 0 Å². The van der Waals surface area contributed by atoms with Gasteiger partial charge in [0.05, 0.1) is 11.0 Å². The summed E-state index contributed by atoms with van der Waals surface area (Å²) in [7, 11) is 0. The Morgan fingerprint density at radius 2 is 1.78 bits per heavy atom. The molecule has 1 heterocycles. The van der Waals surface area contributed by atoms with Gasteiger partial charge in [-0.3, -0.25) is 4.90 Å². The Morgan fingerprint density at radius 1 is 1.22 bits per heavy atom. The van der Waals surface area contributed by atoms with Gasteiger partial charge in [-0.15, -0.1) is 0 Å². The summed E-state index contributed by atoms with van der Waals surface area (Å²) in [6.45, 7) is 14.8. The highest BCUT2D eigenvalue weighted by molar-refractivity contribution is 7.80. The molecule has 1 fully saturated rings. The van der Waals surface area contributed by atoms with Crippen LogP contribution in [-0.2, 0) is 0 Å². The van der Waals surface area contributed by atoms with E-state index < -0.39 is 0 Å². The molecular formula is C14H29N3S. The fraction of sp³-hybridized carbons (Fsp3) is 0.929. The molecule has 1 saturated heterocycles. The third kappa shape index (κ3) is 5.21. The van der Waals surface area contributed by atoms with Gasteiger partial charge in [0.25, 0.3) is 0 Å². The monoisotopic (exact) mass is 271 g/mol. The van der Waals surface area contributed by atoms with Gasteiger partial charge in [0.2, 0.25) is 0 Å². The molecule has 3 nitrogen and oxygen atoms in total. The summed E-state index contributed by atoms with van der Waals surface area (Å²) in [6.07, 6.45) is 2.29. The summed E-state index contributed by atoms with van der Waals surface area (Å²) >= 11 is 5.15. The average Bonchev–Trinajstić information content (AvgIpc) is 2.27. The second-order valence-corrected chi connectivity index (χ2v) is 6.99. The number of hydrogen-bond donors (Lipinski definition) is 1. The zero-order valence-electron chi connectivity index (χ0n) is 12.4. The lowest BCUT2D eigenvalue weighted by Crippen LogP contribution is -2.53. The molecule has 0 spiro atoms. The van der Waals surface area contributed by atoms with Crippen LogP contribution in [0.5, 0.6) is 0 Å². The van der Waals surface area contributed by atoms with Gasteiger partial charge in [0.1, 0.15) is 0 Å². The van der Waals surface area contributed by atoms with E-state index in [1.807, 2.05) is 0 Å². The second kappa shape index (κ2) is 6.83. The van der Waals surface area contributed by atoms with Crippen molar-refractivity contribution in [3.8, 4) is 0 Å². The molecule has 0 saturated carbocycles. The Morgan fingerprint density at radius 3 is 2.17 bits per heavy atom. The van der Waals surface area contributed by atoms with E-state index in [9.17, 15) is 0 Å². The largest absolute Gasteiger partial charge is 0.392 e. The van der Waals surface area contributed by atoms with Crippen LogP contribution < -0.4 is 5.73 Å². The Kier molecular flexibility index (Phi) is 6.02. The topological polar surface area (TPSA) is 32.5 Å². The van der Waals surface area contributed by atoms with Gasteiger partial charge in [-0.1, -0.05) is 39.9 Å². The molecule has 2 N–H and O–H groups in total. The van der Waals surface area contributed by atoms with Crippen LogP contribution in [0.3, 0.4) is 0 Å². The highest BCUT2D eigenvalue weighted by atomic mass is 32.1. The summed E-state index contributed by atoms with van der Waals surface area (Å²) in [4.78, 5) is 5.66. The third-order valence-corrected chi connectivity index (χ3v) is 4.01. The van der Waals surface area contributed by atoms with Gasteiger partial charge in [0, 0.05) is 26.2 Å². The average molecular weight is 271 g/mol. The van der Waals surface area contributed by atoms with Crippen molar-refractivity contribution < 1.29 is 0 Å². The minimum absolute atomic E-state index is 0.296. The van der Waals surface area contributed by atoms with Crippen LogP contribution in [0.25, 0.3) is 0 Å². The maximum atomic E-state index is 5.80. The Balaban J connectivity index is 2.34. The molecular weight excluding hydrogens is 242 g/mol. The summed E-state index contributed by atoms with van der Waals surface area (Å²) in [5, 5.41) is 0. The van der Waals surface area contributed by atoms with E-state index in [4.69, 9.17) is 18.0 Å². The van der Waals surface area contributed by atoms with Gasteiger partial charge in [-0.05, 0) is 24.8 Å². The van der Waals surface area contributed by atoms with Crippen molar-refractivity contribution in [2.24, 2.45) is 11.1 Å². The number of thiocarbonyl (C=S) groups is 1. The van der Waals surface area contributed by atoms with E-state index in [1.54, 1.807) is 0 Å². The van der Waals surface area contributed by atoms with Crippen LogP contribution in [0.4, 0.5) is 0 Å². The van der Waals surface area contributed by atoms with Crippen molar-refractivity contribution in [3.63, 3.8) is 0 Å². The molecule has 0 bridgehead atoms. The van der Waals surface area contributed by atoms with E-state index in [-0.39, 0.29) is 0 Å². The van der Waals surface area contributed by atoms with E-state index in [0.29, 0.717) is 16.4 Å². The van der Waals surface area contributed by atoms with Gasteiger partial charge < -0.3 is 10.6 Å².